The number of hydrogen-bond donors (Lipinski definition) is 3. The van der Waals surface area contributed by atoms with Crippen LogP contribution in [0, 0.1) is 0 Å². The molecule has 0 aromatic heterocycles. The predicted octanol–water partition coefficient (Wildman–Crippen LogP) is 3.29. The number of rotatable bonds is 7. The molecular weight excluding hydrogens is 483 g/mol. The Kier molecular flexibility index (Phi) is 9.04. The fourth-order valence-electron chi connectivity index (χ4n) is 2.79. The van der Waals surface area contributed by atoms with Gasteiger partial charge in [0, 0.05) is 12.2 Å². The van der Waals surface area contributed by atoms with E-state index in [9.17, 15) is 4.79 Å². The van der Waals surface area contributed by atoms with E-state index in [-0.39, 0.29) is 43.2 Å². The van der Waals surface area contributed by atoms with Crippen LogP contribution in [0.15, 0.2) is 47.5 Å². The number of halogens is 1. The number of anilines is 1. The molecule has 1 aliphatic rings. The molecule has 0 saturated carbocycles. The van der Waals surface area contributed by atoms with Gasteiger partial charge in [-0.1, -0.05) is 25.1 Å². The molecule has 0 saturated heterocycles. The van der Waals surface area contributed by atoms with Gasteiger partial charge in [0.25, 0.3) is 0 Å². The molecule has 0 fully saturated rings. The number of hydrogen-bond acceptors (Lipinski definition) is 4. The van der Waals surface area contributed by atoms with Gasteiger partial charge >= 0.3 is 0 Å². The van der Waals surface area contributed by atoms with E-state index in [0.717, 1.165) is 29.2 Å². The van der Waals surface area contributed by atoms with Gasteiger partial charge in [-0.2, -0.15) is 0 Å². The van der Waals surface area contributed by atoms with Crippen LogP contribution >= 0.6 is 24.0 Å². The summed E-state index contributed by atoms with van der Waals surface area (Å²) in [6, 6.07) is 13.6. The summed E-state index contributed by atoms with van der Waals surface area (Å²) in [6.45, 7) is 5.61. The van der Waals surface area contributed by atoms with Crippen molar-refractivity contribution in [2.45, 2.75) is 26.8 Å². The first kappa shape index (κ1) is 22.8. The predicted molar refractivity (Wildman–Crippen MR) is 125 cm³/mol. The van der Waals surface area contributed by atoms with Crippen LogP contribution in [0.2, 0.25) is 0 Å². The molecule has 29 heavy (non-hydrogen) atoms. The van der Waals surface area contributed by atoms with E-state index in [2.05, 4.69) is 27.9 Å². The van der Waals surface area contributed by atoms with Crippen LogP contribution in [0.1, 0.15) is 25.0 Å². The second-order valence-corrected chi connectivity index (χ2v) is 6.34. The number of nitrogens with one attached hydrogen (secondary N) is 3. The number of ether oxygens (including phenoxy) is 2. The maximum Gasteiger partial charge on any atom is 0.243 e. The van der Waals surface area contributed by atoms with Crippen molar-refractivity contribution < 1.29 is 14.3 Å². The molecule has 0 unspecified atom stereocenters. The molecule has 8 heteroatoms. The van der Waals surface area contributed by atoms with Gasteiger partial charge in [-0.25, -0.2) is 4.99 Å². The lowest BCUT2D eigenvalue weighted by Crippen LogP contribution is -2.41. The van der Waals surface area contributed by atoms with Crippen molar-refractivity contribution in [3.8, 4) is 11.5 Å². The fourth-order valence-corrected chi connectivity index (χ4v) is 2.79. The van der Waals surface area contributed by atoms with Gasteiger partial charge in [0.1, 0.15) is 0 Å². The van der Waals surface area contributed by atoms with Gasteiger partial charge in [0.05, 0.1) is 13.1 Å². The highest BCUT2D eigenvalue weighted by atomic mass is 127. The van der Waals surface area contributed by atoms with E-state index in [0.29, 0.717) is 19.0 Å². The zero-order chi connectivity index (χ0) is 19.8. The highest BCUT2D eigenvalue weighted by Gasteiger charge is 2.13. The highest BCUT2D eigenvalue weighted by Crippen LogP contribution is 2.32. The molecule has 0 bridgehead atoms. The SMILES string of the molecule is CCNC(=NCc1ccc2c(c1)OCO2)NCC(=O)Nc1cccc(CC)c1.I. The molecule has 0 radical (unpaired) electrons. The summed E-state index contributed by atoms with van der Waals surface area (Å²) in [5.74, 6) is 1.94. The fraction of sp³-hybridized carbons (Fsp3) is 0.333. The quantitative estimate of drug-likeness (QED) is 0.303. The summed E-state index contributed by atoms with van der Waals surface area (Å²) in [4.78, 5) is 16.8. The largest absolute Gasteiger partial charge is 0.454 e. The first-order chi connectivity index (χ1) is 13.7. The van der Waals surface area contributed by atoms with Crippen LogP contribution in [0.5, 0.6) is 11.5 Å². The number of fused-ring (bicyclic) bond motifs is 1. The summed E-state index contributed by atoms with van der Waals surface area (Å²) >= 11 is 0. The minimum atomic E-state index is -0.123. The smallest absolute Gasteiger partial charge is 0.243 e. The monoisotopic (exact) mass is 510 g/mol. The zero-order valence-corrected chi connectivity index (χ0v) is 19.0. The number of guanidine groups is 1. The first-order valence-corrected chi connectivity index (χ1v) is 9.47. The van der Waals surface area contributed by atoms with Crippen LogP contribution in [0.4, 0.5) is 5.69 Å². The Morgan fingerprint density at radius 2 is 1.86 bits per heavy atom. The second kappa shape index (κ2) is 11.5. The molecular formula is C21H27IN4O3. The number of carbonyl (C=O) groups is 1. The molecule has 0 aliphatic carbocycles. The number of carbonyl (C=O) groups excluding carboxylic acids is 1. The third-order valence-corrected chi connectivity index (χ3v) is 4.24. The number of nitrogens with zero attached hydrogens (tertiary/aromatic N) is 1. The third-order valence-electron chi connectivity index (χ3n) is 4.24. The molecule has 2 aromatic rings. The number of amides is 1. The van der Waals surface area contributed by atoms with Gasteiger partial charge < -0.3 is 25.4 Å². The Morgan fingerprint density at radius 3 is 2.66 bits per heavy atom. The Morgan fingerprint density at radius 1 is 1.03 bits per heavy atom. The summed E-state index contributed by atoms with van der Waals surface area (Å²) in [7, 11) is 0. The molecule has 3 N–H and O–H groups in total. The normalized spacial score (nSPS) is 12.1. The molecule has 1 heterocycles. The van der Waals surface area contributed by atoms with Crippen molar-refractivity contribution in [3.05, 3.63) is 53.6 Å². The van der Waals surface area contributed by atoms with E-state index in [4.69, 9.17) is 9.47 Å². The summed E-state index contributed by atoms with van der Waals surface area (Å²) in [6.07, 6.45) is 0.930. The van der Waals surface area contributed by atoms with Crippen LogP contribution in [0.25, 0.3) is 0 Å². The van der Waals surface area contributed by atoms with Crippen molar-refractivity contribution >= 4 is 41.5 Å². The van der Waals surface area contributed by atoms with Crippen LogP contribution in [-0.4, -0.2) is 31.7 Å². The first-order valence-electron chi connectivity index (χ1n) is 9.47. The minimum Gasteiger partial charge on any atom is -0.454 e. The summed E-state index contributed by atoms with van der Waals surface area (Å²) < 4.78 is 10.7. The minimum absolute atomic E-state index is 0. The van der Waals surface area contributed by atoms with E-state index in [1.165, 1.54) is 5.56 Å². The van der Waals surface area contributed by atoms with Gasteiger partial charge in [-0.3, -0.25) is 4.79 Å². The van der Waals surface area contributed by atoms with Crippen molar-refractivity contribution in [1.29, 1.82) is 0 Å². The number of aryl methyl sites for hydroxylation is 1. The average molecular weight is 510 g/mol. The van der Waals surface area contributed by atoms with Gasteiger partial charge in [0.15, 0.2) is 17.5 Å². The Hall–Kier alpha value is -2.49. The van der Waals surface area contributed by atoms with Crippen molar-refractivity contribution in [2.75, 3.05) is 25.2 Å². The lowest BCUT2D eigenvalue weighted by molar-refractivity contribution is -0.115. The zero-order valence-electron chi connectivity index (χ0n) is 16.7. The summed E-state index contributed by atoms with van der Waals surface area (Å²) in [5, 5.41) is 9.11. The molecule has 1 amide bonds. The molecule has 3 rings (SSSR count). The molecule has 156 valence electrons. The third kappa shape index (κ3) is 6.81. The second-order valence-electron chi connectivity index (χ2n) is 6.34. The highest BCUT2D eigenvalue weighted by molar-refractivity contribution is 14.0. The average Bonchev–Trinajstić information content (AvgIpc) is 3.18. The topological polar surface area (TPSA) is 84.0 Å². The van der Waals surface area contributed by atoms with Crippen molar-refractivity contribution in [3.63, 3.8) is 0 Å². The Labute approximate surface area is 188 Å². The van der Waals surface area contributed by atoms with E-state index < -0.39 is 0 Å². The van der Waals surface area contributed by atoms with Crippen LogP contribution < -0.4 is 25.4 Å². The number of aliphatic imine (C=N–C) groups is 1. The van der Waals surface area contributed by atoms with E-state index >= 15 is 0 Å². The maximum atomic E-state index is 12.2. The lowest BCUT2D eigenvalue weighted by atomic mass is 10.1. The lowest BCUT2D eigenvalue weighted by Gasteiger charge is -2.12. The van der Waals surface area contributed by atoms with E-state index in [1.54, 1.807) is 0 Å². The van der Waals surface area contributed by atoms with Crippen molar-refractivity contribution in [2.24, 2.45) is 4.99 Å². The Balaban J connectivity index is 0.00000300. The molecule has 0 spiro atoms. The van der Waals surface area contributed by atoms with Crippen LogP contribution in [-0.2, 0) is 17.8 Å². The van der Waals surface area contributed by atoms with Gasteiger partial charge in [-0.15, -0.1) is 24.0 Å². The molecule has 2 aromatic carbocycles. The van der Waals surface area contributed by atoms with Crippen molar-refractivity contribution in [1.82, 2.24) is 10.6 Å². The Bertz CT molecular complexity index is 858. The summed E-state index contributed by atoms with van der Waals surface area (Å²) in [5.41, 5.74) is 2.99. The molecule has 7 nitrogen and oxygen atoms in total. The van der Waals surface area contributed by atoms with Crippen LogP contribution in [0.3, 0.4) is 0 Å². The molecule has 0 atom stereocenters. The standard InChI is InChI=1S/C21H26N4O3.HI/c1-3-15-6-5-7-17(10-15)25-20(26)13-24-21(22-4-2)23-12-16-8-9-18-19(11-16)28-14-27-18;/h5-11H,3-4,12-14H2,1-2H3,(H,25,26)(H2,22,23,24);1H. The molecule has 1 aliphatic heterocycles. The maximum absolute atomic E-state index is 12.2. The van der Waals surface area contributed by atoms with Gasteiger partial charge in [0.2, 0.25) is 12.7 Å². The van der Waals surface area contributed by atoms with E-state index in [1.807, 2.05) is 49.4 Å². The number of benzene rings is 2. The van der Waals surface area contributed by atoms with Gasteiger partial charge in [-0.05, 0) is 48.7 Å².